The zero-order valence-corrected chi connectivity index (χ0v) is 15.4. The molecule has 1 aliphatic carbocycles. The van der Waals surface area contributed by atoms with Gasteiger partial charge in [-0.2, -0.15) is 0 Å². The topological polar surface area (TPSA) is 72.2 Å². The average molecular weight is 364 g/mol. The van der Waals surface area contributed by atoms with E-state index in [2.05, 4.69) is 12.2 Å². The van der Waals surface area contributed by atoms with Gasteiger partial charge < -0.3 is 11.1 Å². The van der Waals surface area contributed by atoms with Gasteiger partial charge in [-0.25, -0.2) is 0 Å². The number of nitrogens with two attached hydrogens (primary N) is 1. The highest BCUT2D eigenvalue weighted by Gasteiger charge is 2.27. The first-order valence-electron chi connectivity index (χ1n) is 8.78. The van der Waals surface area contributed by atoms with E-state index in [-0.39, 0.29) is 5.91 Å². The molecule has 1 heterocycles. The smallest absolute Gasteiger partial charge is 0.256 e. The number of primary amides is 1. The second-order valence-corrected chi connectivity index (χ2v) is 8.01. The standard InChI is InChI=1S/C21H20N2O2S/c1-12-9-10-16-17(11-12)26-21(18(16)19(22)24)23-20(25)15-8-4-6-13-5-2-3-7-14(13)15/h2-8,12H,9-11H2,1H3,(H2,22,24)(H,23,25)/t12-/m0/s1. The van der Waals surface area contributed by atoms with Gasteiger partial charge in [0.05, 0.1) is 5.56 Å². The fraction of sp³-hybridized carbons (Fsp3) is 0.238. The van der Waals surface area contributed by atoms with Crippen LogP contribution in [-0.4, -0.2) is 11.8 Å². The molecule has 0 saturated heterocycles. The Morgan fingerprint density at radius 2 is 1.92 bits per heavy atom. The first-order chi connectivity index (χ1) is 12.5. The Hall–Kier alpha value is -2.66. The van der Waals surface area contributed by atoms with E-state index in [1.165, 1.54) is 16.2 Å². The normalized spacial score (nSPS) is 16.3. The van der Waals surface area contributed by atoms with Crippen LogP contribution in [0.4, 0.5) is 5.00 Å². The summed E-state index contributed by atoms with van der Waals surface area (Å²) in [7, 11) is 0. The molecule has 1 aliphatic rings. The summed E-state index contributed by atoms with van der Waals surface area (Å²) in [5, 5.41) is 5.43. The molecule has 0 unspecified atom stereocenters. The predicted octanol–water partition coefficient (Wildman–Crippen LogP) is 4.38. The maximum atomic E-state index is 12.9. The number of nitrogens with one attached hydrogen (secondary N) is 1. The summed E-state index contributed by atoms with van der Waals surface area (Å²) in [6.45, 7) is 2.21. The third-order valence-corrected chi connectivity index (χ3v) is 6.19. The molecule has 3 N–H and O–H groups in total. The van der Waals surface area contributed by atoms with E-state index >= 15 is 0 Å². The van der Waals surface area contributed by atoms with Gasteiger partial charge in [-0.15, -0.1) is 11.3 Å². The Labute approximate surface area is 156 Å². The highest BCUT2D eigenvalue weighted by atomic mass is 32.1. The van der Waals surface area contributed by atoms with Crippen LogP contribution in [0.5, 0.6) is 0 Å². The molecule has 26 heavy (non-hydrogen) atoms. The zero-order chi connectivity index (χ0) is 18.3. The van der Waals surface area contributed by atoms with Crippen LogP contribution in [0.1, 0.15) is 44.5 Å². The molecular formula is C21H20N2O2S. The SMILES string of the molecule is C[C@H]1CCc2c(sc(NC(=O)c3cccc4ccccc34)c2C(N)=O)C1. The van der Waals surface area contributed by atoms with Crippen molar-refractivity contribution < 1.29 is 9.59 Å². The van der Waals surface area contributed by atoms with Gasteiger partial charge in [0.2, 0.25) is 0 Å². The minimum Gasteiger partial charge on any atom is -0.365 e. The fourth-order valence-corrected chi connectivity index (χ4v) is 5.10. The average Bonchev–Trinajstić information content (AvgIpc) is 2.98. The van der Waals surface area contributed by atoms with Crippen LogP contribution in [0.3, 0.4) is 0 Å². The summed E-state index contributed by atoms with van der Waals surface area (Å²) >= 11 is 1.49. The second kappa shape index (κ2) is 6.57. The third-order valence-electron chi connectivity index (χ3n) is 5.02. The van der Waals surface area contributed by atoms with E-state index in [9.17, 15) is 9.59 Å². The highest BCUT2D eigenvalue weighted by molar-refractivity contribution is 7.17. The molecule has 0 aliphatic heterocycles. The van der Waals surface area contributed by atoms with Gasteiger partial charge in [-0.3, -0.25) is 9.59 Å². The summed E-state index contributed by atoms with van der Waals surface area (Å²) in [5.41, 5.74) is 7.75. The van der Waals surface area contributed by atoms with E-state index in [4.69, 9.17) is 5.73 Å². The predicted molar refractivity (Wildman–Crippen MR) is 106 cm³/mol. The van der Waals surface area contributed by atoms with Crippen molar-refractivity contribution in [2.24, 2.45) is 11.7 Å². The van der Waals surface area contributed by atoms with Crippen LogP contribution in [0.2, 0.25) is 0 Å². The van der Waals surface area contributed by atoms with Crippen molar-refractivity contribution >= 4 is 38.9 Å². The quantitative estimate of drug-likeness (QED) is 0.724. The highest BCUT2D eigenvalue weighted by Crippen LogP contribution is 2.39. The lowest BCUT2D eigenvalue weighted by Crippen LogP contribution is -2.19. The minimum atomic E-state index is -0.467. The van der Waals surface area contributed by atoms with Gasteiger partial charge in [-0.05, 0) is 47.6 Å². The van der Waals surface area contributed by atoms with Crippen LogP contribution in [-0.2, 0) is 12.8 Å². The zero-order valence-electron chi connectivity index (χ0n) is 14.5. The van der Waals surface area contributed by atoms with E-state index in [1.54, 1.807) is 6.07 Å². The lowest BCUT2D eigenvalue weighted by molar-refractivity contribution is 0.1000. The molecule has 0 fully saturated rings. The molecule has 1 atom stereocenters. The van der Waals surface area contributed by atoms with Crippen molar-refractivity contribution in [3.05, 3.63) is 64.0 Å². The van der Waals surface area contributed by atoms with Crippen molar-refractivity contribution in [2.45, 2.75) is 26.2 Å². The van der Waals surface area contributed by atoms with Gasteiger partial charge >= 0.3 is 0 Å². The molecule has 0 radical (unpaired) electrons. The molecule has 132 valence electrons. The molecule has 0 bridgehead atoms. The monoisotopic (exact) mass is 364 g/mol. The Kier molecular flexibility index (Phi) is 4.24. The fourth-order valence-electron chi connectivity index (χ4n) is 3.69. The van der Waals surface area contributed by atoms with Crippen LogP contribution in [0.25, 0.3) is 10.8 Å². The Balaban J connectivity index is 1.73. The number of rotatable bonds is 3. The number of fused-ring (bicyclic) bond motifs is 2. The first kappa shape index (κ1) is 16.8. The number of thiophene rings is 1. The summed E-state index contributed by atoms with van der Waals surface area (Å²) in [5.74, 6) is -0.0929. The Morgan fingerprint density at radius 1 is 1.15 bits per heavy atom. The maximum absolute atomic E-state index is 12.9. The van der Waals surface area contributed by atoms with Gasteiger partial charge in [0.25, 0.3) is 11.8 Å². The summed E-state index contributed by atoms with van der Waals surface area (Å²) < 4.78 is 0. The van der Waals surface area contributed by atoms with E-state index < -0.39 is 5.91 Å². The number of benzene rings is 2. The molecule has 1 aromatic heterocycles. The lowest BCUT2D eigenvalue weighted by atomic mass is 9.88. The molecule has 2 aromatic carbocycles. The Morgan fingerprint density at radius 3 is 2.73 bits per heavy atom. The van der Waals surface area contributed by atoms with E-state index in [1.807, 2.05) is 36.4 Å². The summed E-state index contributed by atoms with van der Waals surface area (Å²) in [4.78, 5) is 26.1. The summed E-state index contributed by atoms with van der Waals surface area (Å²) in [6.07, 6.45) is 2.82. The molecule has 0 spiro atoms. The van der Waals surface area contributed by atoms with E-state index in [0.717, 1.165) is 35.6 Å². The first-order valence-corrected chi connectivity index (χ1v) is 9.59. The van der Waals surface area contributed by atoms with Crippen LogP contribution >= 0.6 is 11.3 Å². The van der Waals surface area contributed by atoms with Gasteiger partial charge in [0.1, 0.15) is 5.00 Å². The van der Waals surface area contributed by atoms with Crippen molar-refractivity contribution in [3.8, 4) is 0 Å². The molecular weight excluding hydrogens is 344 g/mol. The van der Waals surface area contributed by atoms with Crippen molar-refractivity contribution in [1.29, 1.82) is 0 Å². The number of carbonyl (C=O) groups is 2. The van der Waals surface area contributed by atoms with E-state index in [0.29, 0.717) is 22.0 Å². The van der Waals surface area contributed by atoms with Crippen LogP contribution in [0, 0.1) is 5.92 Å². The Bertz CT molecular complexity index is 1020. The maximum Gasteiger partial charge on any atom is 0.256 e. The molecule has 3 aromatic rings. The van der Waals surface area contributed by atoms with Crippen molar-refractivity contribution in [1.82, 2.24) is 0 Å². The van der Waals surface area contributed by atoms with Gasteiger partial charge in [0.15, 0.2) is 0 Å². The van der Waals surface area contributed by atoms with Gasteiger partial charge in [-0.1, -0.05) is 43.3 Å². The molecule has 2 amide bonds. The van der Waals surface area contributed by atoms with Gasteiger partial charge in [0, 0.05) is 10.4 Å². The van der Waals surface area contributed by atoms with Crippen molar-refractivity contribution in [2.75, 3.05) is 5.32 Å². The molecule has 5 heteroatoms. The largest absolute Gasteiger partial charge is 0.365 e. The number of carbonyl (C=O) groups excluding carboxylic acids is 2. The molecule has 4 nitrogen and oxygen atoms in total. The van der Waals surface area contributed by atoms with Crippen LogP contribution in [0.15, 0.2) is 42.5 Å². The number of hydrogen-bond donors (Lipinski definition) is 2. The number of anilines is 1. The number of amides is 2. The lowest BCUT2D eigenvalue weighted by Gasteiger charge is -2.18. The summed E-state index contributed by atoms with van der Waals surface area (Å²) in [6, 6.07) is 13.4. The number of hydrogen-bond acceptors (Lipinski definition) is 3. The molecule has 0 saturated carbocycles. The van der Waals surface area contributed by atoms with Crippen molar-refractivity contribution in [3.63, 3.8) is 0 Å². The third kappa shape index (κ3) is 2.88. The second-order valence-electron chi connectivity index (χ2n) is 6.90. The van der Waals surface area contributed by atoms with Crippen LogP contribution < -0.4 is 11.1 Å². The minimum absolute atomic E-state index is 0.212. The molecule has 4 rings (SSSR count).